The van der Waals surface area contributed by atoms with Crippen molar-refractivity contribution in [3.63, 3.8) is 0 Å². The van der Waals surface area contributed by atoms with Crippen LogP contribution < -0.4 is 16.0 Å². The molecule has 0 radical (unpaired) electrons. The fraction of sp³-hybridized carbons (Fsp3) is 0.481. The molecule has 36 heavy (non-hydrogen) atoms. The number of likely N-dealkylation sites (tertiary alicyclic amines) is 1. The predicted octanol–water partition coefficient (Wildman–Crippen LogP) is 3.82. The lowest BCUT2D eigenvalue weighted by atomic mass is 9.93. The molecule has 1 aromatic carbocycles. The van der Waals surface area contributed by atoms with Gasteiger partial charge >= 0.3 is 0 Å². The van der Waals surface area contributed by atoms with Crippen molar-refractivity contribution in [1.82, 2.24) is 15.5 Å². The summed E-state index contributed by atoms with van der Waals surface area (Å²) in [4.78, 5) is 31.9. The largest absolute Gasteiger partial charge is 0.461 e. The summed E-state index contributed by atoms with van der Waals surface area (Å²) in [5.41, 5.74) is 1.49. The number of anilines is 1. The smallest absolute Gasteiger partial charge is 0.247 e. The number of amides is 2. The first kappa shape index (κ1) is 25.3. The molecule has 190 valence electrons. The van der Waals surface area contributed by atoms with Crippen LogP contribution >= 0.6 is 0 Å². The molecule has 2 heterocycles. The Hall–Kier alpha value is -3.80. The van der Waals surface area contributed by atoms with Gasteiger partial charge in [0.2, 0.25) is 17.8 Å². The summed E-state index contributed by atoms with van der Waals surface area (Å²) in [6, 6.07) is 6.83. The van der Waals surface area contributed by atoms with Crippen LogP contribution in [0, 0.1) is 24.3 Å². The standard InChI is InChI=1S/C27H34N6O3/c1-19-15-21-16-22(10-11-24(21)36-19)31-27(30-18-28)32-23-9-5-6-14-33(26(23)35)17-25(34)29-13-12-20-7-3-2-4-8-20/h3,7,10-11,15-16,20,23H,2,4-6,8-9,12-14,17H2,1H3,(H,29,34)(H2,30,31,32)/t20?,23-/m0/s1. The molecule has 1 aliphatic carbocycles. The van der Waals surface area contributed by atoms with E-state index in [4.69, 9.17) is 4.42 Å². The van der Waals surface area contributed by atoms with Gasteiger partial charge in [0, 0.05) is 24.2 Å². The summed E-state index contributed by atoms with van der Waals surface area (Å²) in [5.74, 6) is 1.18. The SMILES string of the molecule is Cc1cc2cc(NC(=N[C@H]3CCCCN(CC(=O)NCCC4C=CCCC4)C3=O)NC#N)ccc2o1. The van der Waals surface area contributed by atoms with E-state index in [0.717, 1.165) is 48.1 Å². The second-order valence-electron chi connectivity index (χ2n) is 9.48. The Morgan fingerprint density at radius 2 is 2.14 bits per heavy atom. The number of nitrogens with zero attached hydrogens (tertiary/aromatic N) is 3. The Kier molecular flexibility index (Phi) is 8.61. The lowest BCUT2D eigenvalue weighted by molar-refractivity contribution is -0.136. The van der Waals surface area contributed by atoms with Gasteiger partial charge in [0.05, 0.1) is 6.54 Å². The minimum absolute atomic E-state index is 0.0241. The first-order chi connectivity index (χ1) is 17.5. The molecular formula is C27H34N6O3. The number of nitrogens with one attached hydrogen (secondary N) is 3. The number of hydrogen-bond donors (Lipinski definition) is 3. The predicted molar refractivity (Wildman–Crippen MR) is 139 cm³/mol. The van der Waals surface area contributed by atoms with E-state index in [1.807, 2.05) is 37.4 Å². The van der Waals surface area contributed by atoms with Crippen molar-refractivity contribution in [1.29, 1.82) is 5.26 Å². The summed E-state index contributed by atoms with van der Waals surface area (Å²) in [5, 5.41) is 18.8. The highest BCUT2D eigenvalue weighted by atomic mass is 16.3. The van der Waals surface area contributed by atoms with Gasteiger partial charge in [-0.15, -0.1) is 0 Å². The lowest BCUT2D eigenvalue weighted by Gasteiger charge is -2.23. The molecule has 9 heteroatoms. The third-order valence-electron chi connectivity index (χ3n) is 6.64. The van der Waals surface area contributed by atoms with Crippen molar-refractivity contribution in [3.05, 3.63) is 42.2 Å². The Balaban J connectivity index is 1.37. The molecule has 0 spiro atoms. The quantitative estimate of drug-likeness (QED) is 0.178. The van der Waals surface area contributed by atoms with Gasteiger partial charge in [0.1, 0.15) is 17.4 Å². The highest BCUT2D eigenvalue weighted by molar-refractivity contribution is 5.98. The fourth-order valence-electron chi connectivity index (χ4n) is 4.81. The highest BCUT2D eigenvalue weighted by Crippen LogP contribution is 2.23. The van der Waals surface area contributed by atoms with Crippen molar-refractivity contribution in [2.24, 2.45) is 10.9 Å². The first-order valence-electron chi connectivity index (χ1n) is 12.7. The van der Waals surface area contributed by atoms with Crippen molar-refractivity contribution in [2.75, 3.05) is 25.0 Å². The highest BCUT2D eigenvalue weighted by Gasteiger charge is 2.28. The van der Waals surface area contributed by atoms with Gasteiger partial charge in [-0.05, 0) is 82.1 Å². The average Bonchev–Trinajstić information content (AvgIpc) is 3.16. The molecule has 1 saturated heterocycles. The summed E-state index contributed by atoms with van der Waals surface area (Å²) in [6.07, 6.45) is 13.0. The summed E-state index contributed by atoms with van der Waals surface area (Å²) in [7, 11) is 0. The second-order valence-corrected chi connectivity index (χ2v) is 9.48. The van der Waals surface area contributed by atoms with E-state index in [2.05, 4.69) is 33.1 Å². The van der Waals surface area contributed by atoms with Crippen molar-refractivity contribution in [2.45, 2.75) is 57.9 Å². The van der Waals surface area contributed by atoms with Gasteiger partial charge in [0.15, 0.2) is 6.19 Å². The molecule has 4 rings (SSSR count). The van der Waals surface area contributed by atoms with Crippen LogP contribution in [0.3, 0.4) is 0 Å². The first-order valence-corrected chi connectivity index (χ1v) is 12.7. The van der Waals surface area contributed by atoms with Crippen LogP contribution in [0.2, 0.25) is 0 Å². The molecule has 2 atom stereocenters. The number of aryl methyl sites for hydroxylation is 1. The average molecular weight is 491 g/mol. The molecule has 3 N–H and O–H groups in total. The van der Waals surface area contributed by atoms with Gasteiger partial charge in [-0.1, -0.05) is 12.2 Å². The Morgan fingerprint density at radius 3 is 2.94 bits per heavy atom. The molecule has 1 fully saturated rings. The van der Waals surface area contributed by atoms with E-state index in [9.17, 15) is 14.9 Å². The number of furan rings is 1. The van der Waals surface area contributed by atoms with Crippen molar-refractivity contribution < 1.29 is 14.0 Å². The fourth-order valence-corrected chi connectivity index (χ4v) is 4.81. The molecular weight excluding hydrogens is 456 g/mol. The number of hydrogen-bond acceptors (Lipinski definition) is 5. The van der Waals surface area contributed by atoms with E-state index in [0.29, 0.717) is 25.4 Å². The number of benzene rings is 1. The summed E-state index contributed by atoms with van der Waals surface area (Å²) < 4.78 is 5.61. The Labute approximate surface area is 211 Å². The van der Waals surface area contributed by atoms with E-state index in [-0.39, 0.29) is 24.3 Å². The number of aliphatic imine (C=N–C) groups is 1. The molecule has 0 bridgehead atoms. The number of rotatable bonds is 7. The second kappa shape index (κ2) is 12.2. The maximum atomic E-state index is 13.3. The Bertz CT molecular complexity index is 1180. The van der Waals surface area contributed by atoms with Gasteiger partial charge in [-0.25, -0.2) is 4.99 Å². The van der Waals surface area contributed by atoms with Crippen LogP contribution in [0.5, 0.6) is 0 Å². The number of allylic oxidation sites excluding steroid dienone is 2. The molecule has 1 unspecified atom stereocenters. The van der Waals surface area contributed by atoms with Crippen molar-refractivity contribution >= 4 is 34.4 Å². The number of carbonyl (C=O) groups excluding carboxylic acids is 2. The normalized spacial score (nSPS) is 20.6. The minimum atomic E-state index is -0.670. The zero-order valence-electron chi connectivity index (χ0n) is 20.8. The summed E-state index contributed by atoms with van der Waals surface area (Å²) in [6.45, 7) is 3.04. The van der Waals surface area contributed by atoms with Crippen LogP contribution in [-0.4, -0.2) is 48.3 Å². The van der Waals surface area contributed by atoms with Crippen molar-refractivity contribution in [3.8, 4) is 6.19 Å². The zero-order chi connectivity index (χ0) is 25.3. The van der Waals surface area contributed by atoms with E-state index < -0.39 is 6.04 Å². The van der Waals surface area contributed by atoms with Crippen LogP contribution in [-0.2, 0) is 9.59 Å². The van der Waals surface area contributed by atoms with Gasteiger partial charge in [-0.2, -0.15) is 5.26 Å². The third-order valence-corrected chi connectivity index (χ3v) is 6.64. The van der Waals surface area contributed by atoms with Gasteiger partial charge in [-0.3, -0.25) is 14.9 Å². The lowest BCUT2D eigenvalue weighted by Crippen LogP contribution is -2.44. The van der Waals surface area contributed by atoms with Crippen LogP contribution in [0.25, 0.3) is 11.0 Å². The maximum Gasteiger partial charge on any atom is 0.247 e. The van der Waals surface area contributed by atoms with E-state index in [1.54, 1.807) is 4.90 Å². The number of guanidine groups is 1. The molecule has 0 saturated carbocycles. The molecule has 2 aromatic rings. The van der Waals surface area contributed by atoms with Gasteiger partial charge < -0.3 is 20.0 Å². The molecule has 2 aliphatic rings. The van der Waals surface area contributed by atoms with Crippen LogP contribution in [0.15, 0.2) is 45.8 Å². The zero-order valence-corrected chi connectivity index (χ0v) is 20.8. The Morgan fingerprint density at radius 1 is 1.25 bits per heavy atom. The molecule has 2 amide bonds. The monoisotopic (exact) mass is 490 g/mol. The molecule has 9 nitrogen and oxygen atoms in total. The number of carbonyl (C=O) groups is 2. The van der Waals surface area contributed by atoms with Gasteiger partial charge in [0.25, 0.3) is 0 Å². The maximum absolute atomic E-state index is 13.3. The molecule has 1 aliphatic heterocycles. The minimum Gasteiger partial charge on any atom is -0.461 e. The van der Waals surface area contributed by atoms with Crippen LogP contribution in [0.1, 0.15) is 50.7 Å². The number of fused-ring (bicyclic) bond motifs is 1. The van der Waals surface area contributed by atoms with Crippen LogP contribution in [0.4, 0.5) is 5.69 Å². The molecule has 1 aromatic heterocycles. The summed E-state index contributed by atoms with van der Waals surface area (Å²) >= 11 is 0. The van der Waals surface area contributed by atoms with E-state index >= 15 is 0 Å². The van der Waals surface area contributed by atoms with E-state index in [1.165, 1.54) is 12.8 Å². The third kappa shape index (κ3) is 6.87. The topological polar surface area (TPSA) is 123 Å². The number of nitriles is 1.